The van der Waals surface area contributed by atoms with Gasteiger partial charge in [-0.25, -0.2) is 0 Å². The van der Waals surface area contributed by atoms with Crippen LogP contribution in [0.3, 0.4) is 0 Å². The van der Waals surface area contributed by atoms with Crippen LogP contribution in [0.15, 0.2) is 36.0 Å². The molecule has 4 rings (SSSR count). The molecule has 0 spiro atoms. The topological polar surface area (TPSA) is 18.5 Å². The molecule has 3 saturated carbocycles. The van der Waals surface area contributed by atoms with Gasteiger partial charge in [0.15, 0.2) is 0 Å². The summed E-state index contributed by atoms with van der Waals surface area (Å²) in [7, 11) is 0. The van der Waals surface area contributed by atoms with Crippen LogP contribution in [0, 0.1) is 52.3 Å². The number of ether oxygens (including phenoxy) is 2. The van der Waals surface area contributed by atoms with Crippen molar-refractivity contribution in [3.8, 4) is 0 Å². The maximum atomic E-state index is 6.51. The Morgan fingerprint density at radius 2 is 1.30 bits per heavy atom. The van der Waals surface area contributed by atoms with Crippen molar-refractivity contribution < 1.29 is 9.47 Å². The van der Waals surface area contributed by atoms with E-state index < -0.39 is 0 Å². The summed E-state index contributed by atoms with van der Waals surface area (Å²) in [5.41, 5.74) is 2.76. The van der Waals surface area contributed by atoms with Gasteiger partial charge in [-0.1, -0.05) is 201 Å². The number of allylic oxidation sites excluding steroid dienone is 5. The number of hydrogen-bond acceptors (Lipinski definition) is 2. The van der Waals surface area contributed by atoms with Crippen LogP contribution in [0.25, 0.3) is 0 Å². The first kappa shape index (κ1) is 54.5. The second-order valence-electron chi connectivity index (χ2n) is 22.1. The van der Waals surface area contributed by atoms with E-state index in [4.69, 9.17) is 9.47 Å². The number of unbranched alkanes of at least 4 members (excludes halogenated alkanes) is 12. The summed E-state index contributed by atoms with van der Waals surface area (Å²) in [6.07, 6.45) is 54.8. The molecule has 0 aromatic carbocycles. The molecule has 356 valence electrons. The van der Waals surface area contributed by atoms with E-state index in [1.807, 2.05) is 0 Å². The van der Waals surface area contributed by atoms with Crippen LogP contribution < -0.4 is 0 Å². The highest BCUT2D eigenvalue weighted by Crippen LogP contribution is 2.67. The molecule has 0 heterocycles. The van der Waals surface area contributed by atoms with Crippen LogP contribution in [0.2, 0.25) is 0 Å². The summed E-state index contributed by atoms with van der Waals surface area (Å²) in [5.74, 6) is 6.35. The van der Waals surface area contributed by atoms with Crippen molar-refractivity contribution in [2.75, 3.05) is 19.8 Å². The van der Waals surface area contributed by atoms with Gasteiger partial charge in [0, 0.05) is 6.61 Å². The summed E-state index contributed by atoms with van der Waals surface area (Å²) >= 11 is 0. The predicted molar refractivity (Wildman–Crippen MR) is 270 cm³/mol. The van der Waals surface area contributed by atoms with Crippen LogP contribution in [-0.2, 0) is 9.47 Å². The van der Waals surface area contributed by atoms with Gasteiger partial charge in [0.25, 0.3) is 0 Å². The van der Waals surface area contributed by atoms with E-state index >= 15 is 0 Å². The summed E-state index contributed by atoms with van der Waals surface area (Å²) in [4.78, 5) is 0. The molecule has 3 fully saturated rings. The minimum absolute atomic E-state index is 0.398. The zero-order chi connectivity index (χ0) is 44.2. The average molecular weight is 850 g/mol. The lowest BCUT2D eigenvalue weighted by molar-refractivity contribution is -0.0678. The molecule has 0 aliphatic heterocycles. The maximum absolute atomic E-state index is 6.51. The van der Waals surface area contributed by atoms with Gasteiger partial charge in [0.05, 0.1) is 19.3 Å². The zero-order valence-corrected chi connectivity index (χ0v) is 42.9. The highest BCUT2D eigenvalue weighted by atomic mass is 16.5. The molecule has 2 heteroatoms. The molecular formula is C59H108O2. The number of fused-ring (bicyclic) bond motifs is 5. The first-order valence-electron chi connectivity index (χ1n) is 27.8. The third-order valence-corrected chi connectivity index (χ3v) is 17.1. The second kappa shape index (κ2) is 31.9. The lowest BCUT2D eigenvalue weighted by Gasteiger charge is -2.58. The van der Waals surface area contributed by atoms with Crippen molar-refractivity contribution in [2.45, 2.75) is 267 Å². The van der Waals surface area contributed by atoms with Gasteiger partial charge in [-0.3, -0.25) is 0 Å². The molecule has 6 unspecified atom stereocenters. The largest absolute Gasteiger partial charge is 0.379 e. The second-order valence-corrected chi connectivity index (χ2v) is 22.1. The van der Waals surface area contributed by atoms with Crippen molar-refractivity contribution in [2.24, 2.45) is 52.3 Å². The molecule has 0 aromatic heterocycles. The monoisotopic (exact) mass is 849 g/mol. The highest BCUT2D eigenvalue weighted by molar-refractivity contribution is 5.25. The van der Waals surface area contributed by atoms with Crippen molar-refractivity contribution in [3.05, 3.63) is 36.0 Å². The summed E-state index contributed by atoms with van der Waals surface area (Å²) < 4.78 is 12.6. The molecule has 0 aromatic rings. The quantitative estimate of drug-likeness (QED) is 0.0496. The van der Waals surface area contributed by atoms with E-state index in [2.05, 4.69) is 92.7 Å². The van der Waals surface area contributed by atoms with Crippen molar-refractivity contribution in [1.29, 1.82) is 0 Å². The van der Waals surface area contributed by atoms with Gasteiger partial charge in [-0.2, -0.15) is 0 Å². The summed E-state index contributed by atoms with van der Waals surface area (Å²) in [6.45, 7) is 24.3. The van der Waals surface area contributed by atoms with Gasteiger partial charge < -0.3 is 9.47 Å². The predicted octanol–water partition coefficient (Wildman–Crippen LogP) is 19.0. The fourth-order valence-electron chi connectivity index (χ4n) is 13.0. The van der Waals surface area contributed by atoms with Crippen LogP contribution >= 0.6 is 0 Å². The fourth-order valence-corrected chi connectivity index (χ4v) is 13.0. The van der Waals surface area contributed by atoms with E-state index in [9.17, 15) is 0 Å². The smallest absolute Gasteiger partial charge is 0.0704 e. The van der Waals surface area contributed by atoms with Gasteiger partial charge in [-0.05, 0) is 149 Å². The lowest BCUT2D eigenvalue weighted by atomic mass is 9.47. The normalized spacial score (nSPS) is 28.4. The SMILES string of the molecule is CCCC.CCCCC/C=C\C/C=C\CCCCCCCCCCC(CC)CCCOCCO[C@H]1CC[C@@]2(C)C(=CCC3C4CCC(C(C)CCCC(C)C)[C@@]4(C)CCC32)C1. The minimum atomic E-state index is 0.398. The van der Waals surface area contributed by atoms with E-state index in [1.54, 1.807) is 5.57 Å². The molecule has 0 N–H and O–H groups in total. The van der Waals surface area contributed by atoms with Gasteiger partial charge in [0.1, 0.15) is 0 Å². The van der Waals surface area contributed by atoms with Gasteiger partial charge >= 0.3 is 0 Å². The van der Waals surface area contributed by atoms with Crippen molar-refractivity contribution in [1.82, 2.24) is 0 Å². The average Bonchev–Trinajstić information content (AvgIpc) is 3.62. The summed E-state index contributed by atoms with van der Waals surface area (Å²) in [5, 5.41) is 0. The lowest BCUT2D eigenvalue weighted by Crippen LogP contribution is -2.51. The van der Waals surface area contributed by atoms with E-state index in [0.717, 1.165) is 67.7 Å². The molecule has 4 aliphatic carbocycles. The van der Waals surface area contributed by atoms with Crippen molar-refractivity contribution in [3.63, 3.8) is 0 Å². The summed E-state index contributed by atoms with van der Waals surface area (Å²) in [6, 6.07) is 0. The third-order valence-electron chi connectivity index (χ3n) is 17.1. The molecule has 0 saturated heterocycles. The van der Waals surface area contributed by atoms with Crippen molar-refractivity contribution >= 4 is 0 Å². The van der Waals surface area contributed by atoms with E-state index in [-0.39, 0.29) is 0 Å². The van der Waals surface area contributed by atoms with Gasteiger partial charge in [0.2, 0.25) is 0 Å². The van der Waals surface area contributed by atoms with Gasteiger partial charge in [-0.15, -0.1) is 0 Å². The fraction of sp³-hybridized carbons (Fsp3) is 0.898. The van der Waals surface area contributed by atoms with E-state index in [0.29, 0.717) is 16.9 Å². The van der Waals surface area contributed by atoms with E-state index in [1.165, 1.54) is 193 Å². The molecular weight excluding hydrogens is 741 g/mol. The highest BCUT2D eigenvalue weighted by Gasteiger charge is 2.59. The van der Waals surface area contributed by atoms with Crippen LogP contribution in [0.1, 0.15) is 261 Å². The molecule has 0 radical (unpaired) electrons. The molecule has 9 atom stereocenters. The number of rotatable bonds is 32. The van der Waals surface area contributed by atoms with Crippen LogP contribution in [-0.4, -0.2) is 25.9 Å². The Kier molecular flexibility index (Phi) is 28.5. The Balaban J connectivity index is 0.00000237. The maximum Gasteiger partial charge on any atom is 0.0704 e. The Morgan fingerprint density at radius 3 is 1.97 bits per heavy atom. The first-order valence-corrected chi connectivity index (χ1v) is 27.8. The Hall–Kier alpha value is -0.860. The molecule has 0 bridgehead atoms. The first-order chi connectivity index (χ1) is 29.6. The Morgan fingerprint density at radius 1 is 0.623 bits per heavy atom. The Labute approximate surface area is 383 Å². The standard InChI is InChI=1S/C55H98O2.C4H10/c1-8-10-11-12-13-14-15-16-17-18-19-20-21-22-23-24-25-26-31-47(9-2)32-28-41-56-42-43-57-49-37-39-54(6)48(44-49)33-34-50-52-36-35-51(46(5)30-27-29-45(3)4)55(52,7)40-38-53(50)54;1-3-4-2/h13-14,16-17,33,45-47,49-53H,8-12,15,18-32,34-44H2,1-7H3;3-4H2,1-2H3/b14-13-,17-16-;/t46?,47?,49-,50?,51?,52?,53?,54-,55+;/m0./s1. The minimum Gasteiger partial charge on any atom is -0.379 e. The zero-order valence-electron chi connectivity index (χ0n) is 42.9. The molecule has 61 heavy (non-hydrogen) atoms. The molecule has 0 amide bonds. The molecule has 4 aliphatic rings. The number of hydrogen-bond donors (Lipinski definition) is 0. The molecule has 2 nitrogen and oxygen atoms in total. The van der Waals surface area contributed by atoms with Crippen LogP contribution in [0.5, 0.6) is 0 Å². The third kappa shape index (κ3) is 19.3. The Bertz CT molecular complexity index is 1160. The van der Waals surface area contributed by atoms with Crippen LogP contribution in [0.4, 0.5) is 0 Å².